The first kappa shape index (κ1) is 19.8. The van der Waals surface area contributed by atoms with Gasteiger partial charge in [0, 0.05) is 21.2 Å². The smallest absolute Gasteiger partial charge is 0.160 e. The fraction of sp³-hybridized carbons (Fsp3) is 0. The van der Waals surface area contributed by atoms with E-state index in [0.29, 0.717) is 0 Å². The van der Waals surface area contributed by atoms with Crippen molar-refractivity contribution in [3.8, 4) is 33.9 Å². The van der Waals surface area contributed by atoms with Crippen LogP contribution in [-0.4, -0.2) is 9.97 Å². The highest BCUT2D eigenvalue weighted by Crippen LogP contribution is 2.34. The summed E-state index contributed by atoms with van der Waals surface area (Å²) in [4.78, 5) is 10.1. The summed E-state index contributed by atoms with van der Waals surface area (Å²) in [6, 6.07) is 39.9. The number of halogens is 1. The summed E-state index contributed by atoms with van der Waals surface area (Å²) in [6.07, 6.45) is 0. The fourth-order valence-corrected chi connectivity index (χ4v) is 4.61. The second kappa shape index (κ2) is 8.27. The number of fused-ring (bicyclic) bond motifs is 2. The molecule has 0 unspecified atom stereocenters. The highest BCUT2D eigenvalue weighted by molar-refractivity contribution is 9.10. The van der Waals surface area contributed by atoms with Crippen molar-refractivity contribution in [1.29, 1.82) is 0 Å². The van der Waals surface area contributed by atoms with E-state index >= 15 is 0 Å². The molecule has 156 valence electrons. The summed E-state index contributed by atoms with van der Waals surface area (Å²) in [6.45, 7) is 0. The Balaban J connectivity index is 1.64. The molecule has 0 amide bonds. The predicted octanol–water partition coefficient (Wildman–Crippen LogP) is 8.55. The van der Waals surface area contributed by atoms with Crippen molar-refractivity contribution in [2.24, 2.45) is 0 Å². The fourth-order valence-electron chi connectivity index (χ4n) is 4.35. The SMILES string of the molecule is Brc1ccc(-c2nc(-c3cccc4ccccc34)cc(-c3cccc4ccccc34)n2)cc1. The molecule has 0 saturated heterocycles. The van der Waals surface area contributed by atoms with E-state index in [9.17, 15) is 0 Å². The third-order valence-corrected chi connectivity index (χ3v) is 6.49. The lowest BCUT2D eigenvalue weighted by Crippen LogP contribution is -1.96. The van der Waals surface area contributed by atoms with Gasteiger partial charge in [0.1, 0.15) is 0 Å². The van der Waals surface area contributed by atoms with Crippen LogP contribution in [0.4, 0.5) is 0 Å². The number of rotatable bonds is 3. The molecule has 33 heavy (non-hydrogen) atoms. The molecule has 0 bridgehead atoms. The molecule has 0 atom stereocenters. The van der Waals surface area contributed by atoms with Gasteiger partial charge in [-0.25, -0.2) is 9.97 Å². The quantitative estimate of drug-likeness (QED) is 0.250. The van der Waals surface area contributed by atoms with Crippen LogP contribution in [0.5, 0.6) is 0 Å². The lowest BCUT2D eigenvalue weighted by Gasteiger charge is -2.12. The summed E-state index contributed by atoms with van der Waals surface area (Å²) in [7, 11) is 0. The molecule has 6 rings (SSSR count). The third kappa shape index (κ3) is 3.71. The second-order valence-electron chi connectivity index (χ2n) is 8.02. The van der Waals surface area contributed by atoms with Gasteiger partial charge in [0.15, 0.2) is 5.82 Å². The van der Waals surface area contributed by atoms with E-state index in [-0.39, 0.29) is 0 Å². The maximum atomic E-state index is 5.03. The average molecular weight is 487 g/mol. The Morgan fingerprint density at radius 1 is 0.485 bits per heavy atom. The number of hydrogen-bond donors (Lipinski definition) is 0. The van der Waals surface area contributed by atoms with Crippen LogP contribution in [0.1, 0.15) is 0 Å². The van der Waals surface area contributed by atoms with Crippen molar-refractivity contribution in [2.75, 3.05) is 0 Å². The molecule has 2 nitrogen and oxygen atoms in total. The van der Waals surface area contributed by atoms with Crippen LogP contribution in [0.3, 0.4) is 0 Å². The van der Waals surface area contributed by atoms with E-state index < -0.39 is 0 Å². The van der Waals surface area contributed by atoms with Crippen LogP contribution in [0.25, 0.3) is 55.4 Å². The summed E-state index contributed by atoms with van der Waals surface area (Å²) < 4.78 is 1.03. The number of benzene rings is 5. The molecule has 1 heterocycles. The minimum absolute atomic E-state index is 0.718. The van der Waals surface area contributed by atoms with Crippen molar-refractivity contribution in [2.45, 2.75) is 0 Å². The third-order valence-electron chi connectivity index (χ3n) is 5.96. The Bertz CT molecular complexity index is 1510. The molecule has 1 aromatic heterocycles. The summed E-state index contributed by atoms with van der Waals surface area (Å²) >= 11 is 3.53. The largest absolute Gasteiger partial charge is 0.228 e. The number of aromatic nitrogens is 2. The molecule has 3 heteroatoms. The molecule has 0 fully saturated rings. The van der Waals surface area contributed by atoms with Gasteiger partial charge in [0.2, 0.25) is 0 Å². The Hall–Kier alpha value is -3.82. The van der Waals surface area contributed by atoms with Gasteiger partial charge in [0.05, 0.1) is 11.4 Å². The summed E-state index contributed by atoms with van der Waals surface area (Å²) in [5, 5.41) is 4.77. The highest BCUT2D eigenvalue weighted by atomic mass is 79.9. The first-order valence-electron chi connectivity index (χ1n) is 10.9. The lowest BCUT2D eigenvalue weighted by molar-refractivity contribution is 1.19. The molecule has 0 aliphatic rings. The second-order valence-corrected chi connectivity index (χ2v) is 8.94. The standard InChI is InChI=1S/C30H19BrN2/c31-23-17-15-22(16-18-23)30-32-28(26-13-5-9-20-7-1-3-11-24(20)26)19-29(33-30)27-14-6-10-21-8-2-4-12-25(21)27/h1-19H. The number of hydrogen-bond acceptors (Lipinski definition) is 2. The lowest BCUT2D eigenvalue weighted by atomic mass is 9.98. The van der Waals surface area contributed by atoms with Crippen molar-refractivity contribution >= 4 is 37.5 Å². The minimum Gasteiger partial charge on any atom is -0.228 e. The molecule has 6 aromatic rings. The van der Waals surface area contributed by atoms with Crippen LogP contribution in [0, 0.1) is 0 Å². The van der Waals surface area contributed by atoms with E-state index in [2.05, 4.69) is 119 Å². The summed E-state index contributed by atoms with van der Waals surface area (Å²) in [5.41, 5.74) is 5.04. The van der Waals surface area contributed by atoms with Gasteiger partial charge >= 0.3 is 0 Å². The van der Waals surface area contributed by atoms with Gasteiger partial charge in [-0.15, -0.1) is 0 Å². The first-order valence-corrected chi connectivity index (χ1v) is 11.7. The average Bonchev–Trinajstić information content (AvgIpc) is 2.88. The summed E-state index contributed by atoms with van der Waals surface area (Å²) in [5.74, 6) is 0.718. The zero-order valence-electron chi connectivity index (χ0n) is 17.7. The maximum Gasteiger partial charge on any atom is 0.160 e. The Morgan fingerprint density at radius 2 is 0.970 bits per heavy atom. The van der Waals surface area contributed by atoms with Crippen LogP contribution in [-0.2, 0) is 0 Å². The molecule has 0 aliphatic heterocycles. The predicted molar refractivity (Wildman–Crippen MR) is 141 cm³/mol. The van der Waals surface area contributed by atoms with Crippen LogP contribution in [0.2, 0.25) is 0 Å². The van der Waals surface area contributed by atoms with E-state index in [1.165, 1.54) is 21.5 Å². The van der Waals surface area contributed by atoms with Gasteiger partial charge in [0.25, 0.3) is 0 Å². The van der Waals surface area contributed by atoms with Crippen molar-refractivity contribution in [3.05, 3.63) is 120 Å². The molecular formula is C30H19BrN2. The molecule has 0 spiro atoms. The maximum absolute atomic E-state index is 5.03. The Kier molecular flexibility index (Phi) is 4.97. The molecule has 0 radical (unpaired) electrons. The van der Waals surface area contributed by atoms with E-state index in [1.54, 1.807) is 0 Å². The van der Waals surface area contributed by atoms with Gasteiger partial charge in [-0.05, 0) is 39.7 Å². The van der Waals surface area contributed by atoms with Crippen molar-refractivity contribution in [1.82, 2.24) is 9.97 Å². The topological polar surface area (TPSA) is 25.8 Å². The Morgan fingerprint density at radius 3 is 1.52 bits per heavy atom. The number of nitrogens with zero attached hydrogens (tertiary/aromatic N) is 2. The van der Waals surface area contributed by atoms with Crippen molar-refractivity contribution in [3.63, 3.8) is 0 Å². The highest BCUT2D eigenvalue weighted by Gasteiger charge is 2.14. The molecular weight excluding hydrogens is 468 g/mol. The van der Waals surface area contributed by atoms with Gasteiger partial charge < -0.3 is 0 Å². The van der Waals surface area contributed by atoms with Crippen LogP contribution in [0.15, 0.2) is 120 Å². The first-order chi connectivity index (χ1) is 16.3. The van der Waals surface area contributed by atoms with Crippen LogP contribution >= 0.6 is 15.9 Å². The monoisotopic (exact) mass is 486 g/mol. The van der Waals surface area contributed by atoms with Crippen LogP contribution < -0.4 is 0 Å². The zero-order valence-corrected chi connectivity index (χ0v) is 19.3. The minimum atomic E-state index is 0.718. The van der Waals surface area contributed by atoms with E-state index in [0.717, 1.165) is 38.4 Å². The molecule has 0 aliphatic carbocycles. The van der Waals surface area contributed by atoms with Gasteiger partial charge in [-0.2, -0.15) is 0 Å². The van der Waals surface area contributed by atoms with Crippen molar-refractivity contribution < 1.29 is 0 Å². The zero-order chi connectivity index (χ0) is 22.2. The molecule has 0 N–H and O–H groups in total. The van der Waals surface area contributed by atoms with E-state index in [1.807, 2.05) is 12.1 Å². The van der Waals surface area contributed by atoms with Gasteiger partial charge in [-0.3, -0.25) is 0 Å². The molecule has 5 aromatic carbocycles. The van der Waals surface area contributed by atoms with E-state index in [4.69, 9.17) is 9.97 Å². The Labute approximate surface area is 200 Å². The van der Waals surface area contributed by atoms with Gasteiger partial charge in [-0.1, -0.05) is 113 Å². The normalized spacial score (nSPS) is 11.2. The molecule has 0 saturated carbocycles.